The number of Topliss-reactive ketones (excluding diaryl/α,β-unsaturated/α-hetero) is 1. The van der Waals surface area contributed by atoms with E-state index < -0.39 is 53.9 Å². The summed E-state index contributed by atoms with van der Waals surface area (Å²) in [6.45, 7) is 7.03. The molecule has 222 valence electrons. The van der Waals surface area contributed by atoms with Crippen LogP contribution in [0.3, 0.4) is 0 Å². The lowest BCUT2D eigenvalue weighted by Crippen LogP contribution is -2.37. The number of hydrogen-bond acceptors (Lipinski definition) is 9. The third kappa shape index (κ3) is 8.36. The van der Waals surface area contributed by atoms with Crippen LogP contribution in [0, 0.1) is 11.8 Å². The van der Waals surface area contributed by atoms with E-state index >= 15 is 0 Å². The molecule has 4 N–H and O–H groups in total. The molecule has 2 rings (SSSR count). The summed E-state index contributed by atoms with van der Waals surface area (Å²) < 4.78 is 21.9. The third-order valence-corrected chi connectivity index (χ3v) is 7.27. The average molecular weight is 563 g/mol. The maximum atomic E-state index is 13.3. The number of allylic oxidation sites excluding steroid dienone is 3. The van der Waals surface area contributed by atoms with Gasteiger partial charge in [0.05, 0.1) is 31.1 Å². The van der Waals surface area contributed by atoms with Crippen molar-refractivity contribution in [3.63, 3.8) is 0 Å². The van der Waals surface area contributed by atoms with Crippen LogP contribution in [-0.2, 0) is 33.3 Å². The number of methoxy groups -OCH3 is 3. The van der Waals surface area contributed by atoms with E-state index in [0.717, 1.165) is 6.08 Å². The Kier molecular flexibility index (Phi) is 12.3. The van der Waals surface area contributed by atoms with Gasteiger partial charge in [0.1, 0.15) is 0 Å². The van der Waals surface area contributed by atoms with E-state index in [0.29, 0.717) is 30.4 Å². The first kappa shape index (κ1) is 32.9. The highest BCUT2D eigenvalue weighted by Gasteiger charge is 2.34. The molecule has 0 saturated carbocycles. The molecule has 11 heteroatoms. The van der Waals surface area contributed by atoms with E-state index in [1.165, 1.54) is 21.3 Å². The second kappa shape index (κ2) is 14.9. The van der Waals surface area contributed by atoms with Gasteiger partial charge in [-0.2, -0.15) is 0 Å². The normalized spacial score (nSPS) is 32.3. The Bertz CT molecular complexity index is 1100. The van der Waals surface area contributed by atoms with E-state index in [4.69, 9.17) is 24.7 Å². The number of carbonyl (C=O) groups excluding carboxylic acids is 4. The zero-order chi connectivity index (χ0) is 30.1. The van der Waals surface area contributed by atoms with Crippen molar-refractivity contribution in [3.8, 4) is 0 Å². The van der Waals surface area contributed by atoms with Crippen molar-refractivity contribution in [3.05, 3.63) is 46.4 Å². The summed E-state index contributed by atoms with van der Waals surface area (Å²) in [4.78, 5) is 50.7. The lowest BCUT2D eigenvalue weighted by atomic mass is 9.85. The molecule has 0 aromatic rings. The van der Waals surface area contributed by atoms with Gasteiger partial charge in [-0.25, -0.2) is 4.79 Å². The molecule has 2 aliphatic rings. The molecule has 0 aromatic heterocycles. The molecule has 11 nitrogen and oxygen atoms in total. The Morgan fingerprint density at radius 2 is 1.73 bits per heavy atom. The number of nitrogens with two attached hydrogens (primary N) is 1. The first-order chi connectivity index (χ1) is 18.8. The largest absolute Gasteiger partial charge is 0.492 e. The summed E-state index contributed by atoms with van der Waals surface area (Å²) in [7, 11) is 4.28. The second-order valence-electron chi connectivity index (χ2n) is 10.4. The highest BCUT2D eigenvalue weighted by Crippen LogP contribution is 2.29. The molecule has 2 bridgehead atoms. The Morgan fingerprint density at radius 1 is 1.07 bits per heavy atom. The molecule has 0 aromatic carbocycles. The molecule has 2 amide bonds. The fourth-order valence-corrected chi connectivity index (χ4v) is 5.09. The molecule has 1 heterocycles. The summed E-state index contributed by atoms with van der Waals surface area (Å²) in [5, 5.41) is 13.7. The number of aliphatic hydroxyl groups is 1. The van der Waals surface area contributed by atoms with Crippen molar-refractivity contribution in [1.29, 1.82) is 0 Å². The predicted molar refractivity (Wildman–Crippen MR) is 147 cm³/mol. The number of ketones is 2. The van der Waals surface area contributed by atoms with Gasteiger partial charge in [-0.3, -0.25) is 14.4 Å². The first-order valence-corrected chi connectivity index (χ1v) is 13.3. The maximum absolute atomic E-state index is 13.3. The van der Waals surface area contributed by atoms with E-state index in [1.54, 1.807) is 26.0 Å². The van der Waals surface area contributed by atoms with Crippen molar-refractivity contribution in [2.24, 2.45) is 17.6 Å². The molecule has 6 atom stereocenters. The number of ether oxygens (including phenoxy) is 4. The number of carbonyl (C=O) groups is 4. The van der Waals surface area contributed by atoms with Crippen LogP contribution in [-0.4, -0.2) is 74.4 Å². The molecule has 0 radical (unpaired) electrons. The van der Waals surface area contributed by atoms with Crippen LogP contribution in [0.2, 0.25) is 0 Å². The number of nitrogens with one attached hydrogen (secondary N) is 1. The van der Waals surface area contributed by atoms with Crippen LogP contribution in [0.4, 0.5) is 4.79 Å². The zero-order valence-corrected chi connectivity index (χ0v) is 24.3. The topological polar surface area (TPSA) is 163 Å². The monoisotopic (exact) mass is 562 g/mol. The molecule has 0 spiro atoms. The van der Waals surface area contributed by atoms with Gasteiger partial charge in [0, 0.05) is 37.4 Å². The molecule has 3 unspecified atom stereocenters. The van der Waals surface area contributed by atoms with Crippen LogP contribution in [0.1, 0.15) is 53.4 Å². The van der Waals surface area contributed by atoms with Gasteiger partial charge in [-0.05, 0) is 51.0 Å². The number of fused-ring (bicyclic) bond motifs is 2. The van der Waals surface area contributed by atoms with Crippen molar-refractivity contribution in [2.45, 2.75) is 77.8 Å². The maximum Gasteiger partial charge on any atom is 0.405 e. The summed E-state index contributed by atoms with van der Waals surface area (Å²) in [6.07, 6.45) is 1.82. The molecular weight excluding hydrogens is 520 g/mol. The minimum atomic E-state index is -0.968. The lowest BCUT2D eigenvalue weighted by molar-refractivity contribution is -0.120. The number of primary amides is 1. The number of amides is 2. The van der Waals surface area contributed by atoms with Crippen LogP contribution in [0.15, 0.2) is 46.4 Å². The van der Waals surface area contributed by atoms with E-state index in [9.17, 15) is 24.3 Å². The Balaban J connectivity index is 2.54. The summed E-state index contributed by atoms with van der Waals surface area (Å²) >= 11 is 0. The quantitative estimate of drug-likeness (QED) is 0.345. The Morgan fingerprint density at radius 3 is 2.30 bits per heavy atom. The predicted octanol–water partition coefficient (Wildman–Crippen LogP) is 2.63. The van der Waals surface area contributed by atoms with Crippen LogP contribution >= 0.6 is 0 Å². The van der Waals surface area contributed by atoms with Crippen LogP contribution in [0.5, 0.6) is 0 Å². The number of hydrogen-bond donors (Lipinski definition) is 3. The fraction of sp³-hybridized carbons (Fsp3) is 0.586. The highest BCUT2D eigenvalue weighted by molar-refractivity contribution is 6.23. The van der Waals surface area contributed by atoms with Gasteiger partial charge in [0.25, 0.3) is 5.91 Å². The SMILES string of the molecule is COC1=C2C[C@@H](C)CC(OC)[C@H](O)[C@@H](C)/C=C(\C)C(OC(N)=O)C(OC)CC/C=C(\C)C(=O)NC(=CC1=O)C2=O. The van der Waals surface area contributed by atoms with Crippen LogP contribution in [0.25, 0.3) is 0 Å². The van der Waals surface area contributed by atoms with E-state index in [2.05, 4.69) is 5.32 Å². The van der Waals surface area contributed by atoms with Gasteiger partial charge in [-0.15, -0.1) is 0 Å². The minimum absolute atomic E-state index is 0.0689. The minimum Gasteiger partial charge on any atom is -0.492 e. The summed E-state index contributed by atoms with van der Waals surface area (Å²) in [5.41, 5.74) is 6.32. The van der Waals surface area contributed by atoms with E-state index in [-0.39, 0.29) is 29.4 Å². The number of rotatable bonds is 4. The smallest absolute Gasteiger partial charge is 0.405 e. The van der Waals surface area contributed by atoms with Gasteiger partial charge in [0.2, 0.25) is 11.6 Å². The Labute approximate surface area is 235 Å². The van der Waals surface area contributed by atoms with Crippen molar-refractivity contribution in [2.75, 3.05) is 21.3 Å². The second-order valence-corrected chi connectivity index (χ2v) is 10.4. The van der Waals surface area contributed by atoms with Crippen LogP contribution < -0.4 is 11.1 Å². The molecule has 1 aliphatic heterocycles. The van der Waals surface area contributed by atoms with Crippen molar-refractivity contribution >= 4 is 23.6 Å². The van der Waals surface area contributed by atoms with Gasteiger partial charge in [-0.1, -0.05) is 26.0 Å². The standard InChI is InChI=1S/C29H42N2O9/c1-15-11-19-25(34)20(14-21(32)27(19)39-7)31-28(35)16(2)9-8-10-22(37-5)26(40-29(30)36)18(4)13-17(3)24(33)23(12-15)38-6/h9,13-15,17,22-24,26,33H,8,10-12H2,1-7H3,(H2,30,36)(H,31,35)/b16-9+,18-13+/t15-,17+,22?,23?,24-,26?/m1/s1. The fourth-order valence-electron chi connectivity index (χ4n) is 5.09. The molecule has 1 aliphatic carbocycles. The first-order valence-electron chi connectivity index (χ1n) is 13.3. The van der Waals surface area contributed by atoms with Crippen molar-refractivity contribution < 1.29 is 43.2 Å². The molecule has 40 heavy (non-hydrogen) atoms. The molecular formula is C29H42N2O9. The molecule has 0 saturated heterocycles. The van der Waals surface area contributed by atoms with E-state index in [1.807, 2.05) is 13.8 Å². The third-order valence-electron chi connectivity index (χ3n) is 7.27. The Hall–Kier alpha value is -3.28. The summed E-state index contributed by atoms with van der Waals surface area (Å²) in [6, 6.07) is 0. The lowest BCUT2D eigenvalue weighted by Gasteiger charge is -2.30. The molecule has 0 fully saturated rings. The average Bonchev–Trinajstić information content (AvgIpc) is 2.90. The summed E-state index contributed by atoms with van der Waals surface area (Å²) in [5.74, 6) is -2.26. The highest BCUT2D eigenvalue weighted by atomic mass is 16.6. The van der Waals surface area contributed by atoms with Crippen molar-refractivity contribution in [1.82, 2.24) is 5.32 Å². The number of aliphatic hydroxyl groups excluding tert-OH is 1. The van der Waals surface area contributed by atoms with Gasteiger partial charge >= 0.3 is 6.09 Å². The van der Waals surface area contributed by atoms with Gasteiger partial charge < -0.3 is 35.1 Å². The van der Waals surface area contributed by atoms with Gasteiger partial charge in [0.15, 0.2) is 11.9 Å². The zero-order valence-electron chi connectivity index (χ0n) is 24.3.